The van der Waals surface area contributed by atoms with E-state index >= 15 is 0 Å². The van der Waals surface area contributed by atoms with Gasteiger partial charge in [-0.25, -0.2) is 4.39 Å². The maximum absolute atomic E-state index is 13.4. The molecule has 3 rings (SSSR count). The summed E-state index contributed by atoms with van der Waals surface area (Å²) < 4.78 is 18.9. The van der Waals surface area contributed by atoms with Crippen molar-refractivity contribution < 1.29 is 9.13 Å². The number of likely N-dealkylation sites (tertiary alicyclic amines) is 1. The van der Waals surface area contributed by atoms with Gasteiger partial charge in [0.05, 0.1) is 12.3 Å². The van der Waals surface area contributed by atoms with Gasteiger partial charge in [-0.05, 0) is 30.4 Å². The molecule has 0 amide bonds. The lowest BCUT2D eigenvalue weighted by Crippen LogP contribution is -2.23. The third-order valence-electron chi connectivity index (χ3n) is 4.58. The van der Waals surface area contributed by atoms with E-state index < -0.39 is 6.17 Å². The minimum absolute atomic E-state index is 0.421. The fourth-order valence-corrected chi connectivity index (χ4v) is 3.27. The number of pyridine rings is 1. The van der Waals surface area contributed by atoms with Crippen LogP contribution in [0.4, 0.5) is 4.39 Å². The molecular formula is C17H25FN2O. The molecule has 2 atom stereocenters. The molecule has 2 saturated heterocycles. The van der Waals surface area contributed by atoms with E-state index in [0.29, 0.717) is 24.8 Å². The molecule has 3 heterocycles. The fourth-order valence-electron chi connectivity index (χ4n) is 3.27. The van der Waals surface area contributed by atoms with Gasteiger partial charge in [-0.15, -0.1) is 0 Å². The second-order valence-corrected chi connectivity index (χ2v) is 6.61. The van der Waals surface area contributed by atoms with Gasteiger partial charge in [0.1, 0.15) is 6.17 Å². The lowest BCUT2D eigenvalue weighted by atomic mass is 9.95. The Hall–Kier alpha value is -1.00. The second-order valence-electron chi connectivity index (χ2n) is 6.61. The predicted molar refractivity (Wildman–Crippen MR) is 81.3 cm³/mol. The van der Waals surface area contributed by atoms with E-state index in [2.05, 4.69) is 30.9 Å². The molecule has 0 spiro atoms. The fraction of sp³-hybridized carbons (Fsp3) is 0.706. The molecule has 0 aliphatic carbocycles. The quantitative estimate of drug-likeness (QED) is 0.852. The summed E-state index contributed by atoms with van der Waals surface area (Å²) >= 11 is 0. The normalized spacial score (nSPS) is 26.9. The zero-order valence-corrected chi connectivity index (χ0v) is 13.0. The average molecular weight is 292 g/mol. The lowest BCUT2D eigenvalue weighted by molar-refractivity contribution is 0.193. The van der Waals surface area contributed by atoms with Crippen molar-refractivity contribution in [2.75, 3.05) is 26.3 Å². The second kappa shape index (κ2) is 6.41. The van der Waals surface area contributed by atoms with Gasteiger partial charge in [0.2, 0.25) is 0 Å². The number of rotatable bonds is 4. The summed E-state index contributed by atoms with van der Waals surface area (Å²) in [6.45, 7) is 8.12. The van der Waals surface area contributed by atoms with Crippen LogP contribution >= 0.6 is 0 Å². The van der Waals surface area contributed by atoms with Crippen molar-refractivity contribution in [1.29, 1.82) is 0 Å². The monoisotopic (exact) mass is 292 g/mol. The van der Waals surface area contributed by atoms with E-state index in [4.69, 9.17) is 9.72 Å². The first kappa shape index (κ1) is 14.9. The first-order chi connectivity index (χ1) is 10.1. The summed E-state index contributed by atoms with van der Waals surface area (Å²) in [5.41, 5.74) is 3.56. The van der Waals surface area contributed by atoms with E-state index in [1.807, 2.05) is 0 Å². The van der Waals surface area contributed by atoms with Crippen LogP contribution in [0, 0.1) is 0 Å². The number of halogens is 1. The minimum Gasteiger partial charge on any atom is -0.381 e. The molecule has 0 saturated carbocycles. The molecule has 1 aromatic rings. The summed E-state index contributed by atoms with van der Waals surface area (Å²) in [5, 5.41) is 0. The standard InChI is InChI=1S/C17H25FN2O/c1-12(2)16-4-3-15(13-6-8-21-11-13)17(19-16)10-20-7-5-14(18)9-20/h3-4,12-14H,5-11H2,1-2H3/t13?,14-/m1/s1. The molecule has 2 fully saturated rings. The smallest absolute Gasteiger partial charge is 0.114 e. The third kappa shape index (κ3) is 3.43. The number of ether oxygens (including phenoxy) is 1. The Labute approximate surface area is 126 Å². The van der Waals surface area contributed by atoms with Crippen molar-refractivity contribution in [3.8, 4) is 0 Å². The van der Waals surface area contributed by atoms with Gasteiger partial charge in [0, 0.05) is 37.9 Å². The van der Waals surface area contributed by atoms with Crippen molar-refractivity contribution in [3.05, 3.63) is 29.1 Å². The van der Waals surface area contributed by atoms with E-state index in [0.717, 1.165) is 44.1 Å². The highest BCUT2D eigenvalue weighted by molar-refractivity contribution is 5.29. The summed E-state index contributed by atoms with van der Waals surface area (Å²) in [6, 6.07) is 4.36. The molecule has 4 heteroatoms. The molecule has 0 N–H and O–H groups in total. The highest BCUT2D eigenvalue weighted by atomic mass is 19.1. The van der Waals surface area contributed by atoms with Crippen LogP contribution in [0.15, 0.2) is 12.1 Å². The van der Waals surface area contributed by atoms with Crippen molar-refractivity contribution in [1.82, 2.24) is 9.88 Å². The van der Waals surface area contributed by atoms with Crippen LogP contribution in [0.3, 0.4) is 0 Å². The number of hydrogen-bond acceptors (Lipinski definition) is 3. The van der Waals surface area contributed by atoms with E-state index in [9.17, 15) is 4.39 Å². The first-order valence-corrected chi connectivity index (χ1v) is 8.07. The topological polar surface area (TPSA) is 25.4 Å². The van der Waals surface area contributed by atoms with Crippen LogP contribution < -0.4 is 0 Å². The number of hydrogen-bond donors (Lipinski definition) is 0. The van der Waals surface area contributed by atoms with E-state index in [-0.39, 0.29) is 0 Å². The Morgan fingerprint density at radius 2 is 2.24 bits per heavy atom. The lowest BCUT2D eigenvalue weighted by Gasteiger charge is -2.20. The third-order valence-corrected chi connectivity index (χ3v) is 4.58. The van der Waals surface area contributed by atoms with Gasteiger partial charge in [-0.2, -0.15) is 0 Å². The van der Waals surface area contributed by atoms with Gasteiger partial charge in [-0.3, -0.25) is 9.88 Å². The van der Waals surface area contributed by atoms with E-state index in [1.54, 1.807) is 0 Å². The summed E-state index contributed by atoms with van der Waals surface area (Å²) in [5.74, 6) is 0.877. The molecule has 1 aromatic heterocycles. The van der Waals surface area contributed by atoms with Crippen molar-refractivity contribution >= 4 is 0 Å². The van der Waals surface area contributed by atoms with Gasteiger partial charge in [0.15, 0.2) is 0 Å². The van der Waals surface area contributed by atoms with Crippen LogP contribution in [-0.4, -0.2) is 42.4 Å². The summed E-state index contributed by atoms with van der Waals surface area (Å²) in [4.78, 5) is 7.08. The van der Waals surface area contributed by atoms with Crippen molar-refractivity contribution in [2.45, 2.75) is 51.2 Å². The average Bonchev–Trinajstić information content (AvgIpc) is 3.10. The SMILES string of the molecule is CC(C)c1ccc(C2CCOC2)c(CN2CC[C@@H](F)C2)n1. The Morgan fingerprint density at radius 3 is 2.86 bits per heavy atom. The molecule has 2 aliphatic rings. The first-order valence-electron chi connectivity index (χ1n) is 8.07. The van der Waals surface area contributed by atoms with Gasteiger partial charge in [0.25, 0.3) is 0 Å². The van der Waals surface area contributed by atoms with Crippen LogP contribution in [0.5, 0.6) is 0 Å². The Bertz CT molecular complexity index is 486. The van der Waals surface area contributed by atoms with Gasteiger partial charge < -0.3 is 4.74 Å². The van der Waals surface area contributed by atoms with Crippen molar-refractivity contribution in [2.24, 2.45) is 0 Å². The van der Waals surface area contributed by atoms with Crippen molar-refractivity contribution in [3.63, 3.8) is 0 Å². The molecule has 21 heavy (non-hydrogen) atoms. The Kier molecular flexibility index (Phi) is 4.55. The van der Waals surface area contributed by atoms with Crippen LogP contribution in [-0.2, 0) is 11.3 Å². The molecule has 0 bridgehead atoms. The Balaban J connectivity index is 1.84. The molecule has 3 nitrogen and oxygen atoms in total. The Morgan fingerprint density at radius 1 is 1.38 bits per heavy atom. The zero-order valence-electron chi connectivity index (χ0n) is 13.0. The largest absolute Gasteiger partial charge is 0.381 e. The summed E-state index contributed by atoms with van der Waals surface area (Å²) in [6.07, 6.45) is 1.06. The van der Waals surface area contributed by atoms with Gasteiger partial charge in [-0.1, -0.05) is 19.9 Å². The number of aromatic nitrogens is 1. The van der Waals surface area contributed by atoms with Crippen LogP contribution in [0.1, 0.15) is 55.5 Å². The van der Waals surface area contributed by atoms with E-state index in [1.165, 1.54) is 5.56 Å². The van der Waals surface area contributed by atoms with Gasteiger partial charge >= 0.3 is 0 Å². The molecule has 0 radical (unpaired) electrons. The number of nitrogens with zero attached hydrogens (tertiary/aromatic N) is 2. The summed E-state index contributed by atoms with van der Waals surface area (Å²) in [7, 11) is 0. The zero-order chi connectivity index (χ0) is 14.8. The van der Waals surface area contributed by atoms with Crippen LogP contribution in [0.2, 0.25) is 0 Å². The number of alkyl halides is 1. The maximum Gasteiger partial charge on any atom is 0.114 e. The predicted octanol–water partition coefficient (Wildman–Crippen LogP) is 3.25. The maximum atomic E-state index is 13.4. The molecule has 2 aliphatic heterocycles. The molecule has 1 unspecified atom stereocenters. The highest BCUT2D eigenvalue weighted by Crippen LogP contribution is 2.30. The molecule has 116 valence electrons. The van der Waals surface area contributed by atoms with Crippen LogP contribution in [0.25, 0.3) is 0 Å². The minimum atomic E-state index is -0.670. The molecule has 0 aromatic carbocycles. The highest BCUT2D eigenvalue weighted by Gasteiger charge is 2.26. The molecular weight excluding hydrogens is 267 g/mol.